The van der Waals surface area contributed by atoms with Crippen molar-refractivity contribution in [3.63, 3.8) is 0 Å². The third-order valence-electron chi connectivity index (χ3n) is 6.45. The van der Waals surface area contributed by atoms with E-state index in [0.717, 1.165) is 31.2 Å². The van der Waals surface area contributed by atoms with Crippen molar-refractivity contribution in [3.8, 4) is 11.8 Å². The summed E-state index contributed by atoms with van der Waals surface area (Å²) < 4.78 is 5.57. The number of rotatable bonds is 8. The van der Waals surface area contributed by atoms with Crippen LogP contribution in [0, 0.1) is 11.3 Å². The minimum Gasteiger partial charge on any atom is -0.484 e. The maximum absolute atomic E-state index is 13.6. The summed E-state index contributed by atoms with van der Waals surface area (Å²) in [4.78, 5) is 28.1. The lowest BCUT2D eigenvalue weighted by Gasteiger charge is -2.36. The van der Waals surface area contributed by atoms with E-state index in [1.807, 2.05) is 47.4 Å². The first-order valence-electron chi connectivity index (χ1n) is 12.2. The molecule has 0 heterocycles. The Morgan fingerprint density at radius 2 is 1.61 bits per heavy atom. The van der Waals surface area contributed by atoms with Gasteiger partial charge in [0.2, 0.25) is 0 Å². The third-order valence-corrected chi connectivity index (χ3v) is 6.45. The molecule has 7 heteroatoms. The molecule has 1 saturated carbocycles. The monoisotopic (exact) mass is 482 g/mol. The zero-order valence-corrected chi connectivity index (χ0v) is 20.1. The molecule has 0 aliphatic heterocycles. The maximum Gasteiger partial charge on any atom is 0.262 e. The smallest absolute Gasteiger partial charge is 0.262 e. The van der Waals surface area contributed by atoms with Crippen LogP contribution in [0.3, 0.4) is 0 Å². The molecule has 0 spiro atoms. The molecule has 3 aromatic rings. The van der Waals surface area contributed by atoms with Crippen molar-refractivity contribution in [2.45, 2.75) is 44.3 Å². The largest absolute Gasteiger partial charge is 0.484 e. The highest BCUT2D eigenvalue weighted by atomic mass is 16.5. The third kappa shape index (κ3) is 6.49. The minimum absolute atomic E-state index is 0.0399. The first kappa shape index (κ1) is 25.0. The number of nitriles is 1. The zero-order valence-electron chi connectivity index (χ0n) is 20.1. The highest BCUT2D eigenvalue weighted by molar-refractivity contribution is 5.95. The number of carbonyl (C=O) groups excluding carboxylic acids is 2. The Morgan fingerprint density at radius 1 is 0.944 bits per heavy atom. The predicted molar refractivity (Wildman–Crippen MR) is 138 cm³/mol. The van der Waals surface area contributed by atoms with Crippen LogP contribution in [-0.4, -0.2) is 35.4 Å². The topological polar surface area (TPSA) is 108 Å². The van der Waals surface area contributed by atoms with E-state index in [1.165, 1.54) is 0 Å². The quantitative estimate of drug-likeness (QED) is 0.492. The Labute approximate surface area is 211 Å². The molecule has 0 radical (unpaired) electrons. The van der Waals surface area contributed by atoms with Crippen LogP contribution in [0.15, 0.2) is 78.9 Å². The second kappa shape index (κ2) is 12.0. The van der Waals surface area contributed by atoms with Gasteiger partial charge in [-0.25, -0.2) is 0 Å². The molecule has 1 aliphatic rings. The molecular weight excluding hydrogens is 452 g/mol. The summed E-state index contributed by atoms with van der Waals surface area (Å²) in [5.74, 6) is 0.240. The van der Waals surface area contributed by atoms with Crippen molar-refractivity contribution in [1.29, 1.82) is 5.26 Å². The number of benzene rings is 3. The van der Waals surface area contributed by atoms with Gasteiger partial charge >= 0.3 is 0 Å². The summed E-state index contributed by atoms with van der Waals surface area (Å²) in [6.45, 7) is 0.224. The lowest BCUT2D eigenvalue weighted by atomic mass is 9.90. The average Bonchev–Trinajstić information content (AvgIpc) is 2.92. The number of anilines is 1. The SMILES string of the molecule is N#Cc1ccc(C(=O)N(Cc2ccccc2NC(=O)COc2ccccc2)C2CCC(N)CC2)cc1. The van der Waals surface area contributed by atoms with E-state index in [4.69, 9.17) is 15.7 Å². The summed E-state index contributed by atoms with van der Waals surface area (Å²) in [6.07, 6.45) is 3.36. The number of amides is 2. The molecule has 3 aromatic carbocycles. The van der Waals surface area contributed by atoms with Crippen molar-refractivity contribution in [2.75, 3.05) is 11.9 Å². The van der Waals surface area contributed by atoms with Crippen LogP contribution in [0.5, 0.6) is 5.75 Å². The van der Waals surface area contributed by atoms with E-state index in [-0.39, 0.29) is 30.5 Å². The van der Waals surface area contributed by atoms with E-state index >= 15 is 0 Å². The van der Waals surface area contributed by atoms with Crippen LogP contribution in [0.2, 0.25) is 0 Å². The Bertz CT molecular complexity index is 1210. The van der Waals surface area contributed by atoms with Crippen LogP contribution in [0.1, 0.15) is 47.2 Å². The molecule has 1 fully saturated rings. The van der Waals surface area contributed by atoms with Crippen LogP contribution in [0.25, 0.3) is 0 Å². The molecule has 0 aromatic heterocycles. The second-order valence-corrected chi connectivity index (χ2v) is 9.00. The summed E-state index contributed by atoms with van der Waals surface area (Å²) in [6, 6.07) is 25.6. The van der Waals surface area contributed by atoms with E-state index < -0.39 is 0 Å². The van der Waals surface area contributed by atoms with Gasteiger partial charge in [-0.05, 0) is 73.7 Å². The van der Waals surface area contributed by atoms with E-state index in [9.17, 15) is 9.59 Å². The molecule has 3 N–H and O–H groups in total. The van der Waals surface area contributed by atoms with Gasteiger partial charge in [0.05, 0.1) is 11.6 Å². The van der Waals surface area contributed by atoms with Gasteiger partial charge in [0, 0.05) is 29.9 Å². The molecule has 0 bridgehead atoms. The predicted octanol–water partition coefficient (Wildman–Crippen LogP) is 4.49. The molecule has 36 heavy (non-hydrogen) atoms. The van der Waals surface area contributed by atoms with E-state index in [1.54, 1.807) is 36.4 Å². The highest BCUT2D eigenvalue weighted by Gasteiger charge is 2.29. The number of hydrogen-bond acceptors (Lipinski definition) is 5. The summed E-state index contributed by atoms with van der Waals surface area (Å²) in [5, 5.41) is 12.0. The molecule has 184 valence electrons. The molecule has 0 saturated heterocycles. The van der Waals surface area contributed by atoms with Crippen LogP contribution >= 0.6 is 0 Å². The summed E-state index contributed by atoms with van der Waals surface area (Å²) in [5.41, 5.74) is 8.64. The minimum atomic E-state index is -0.278. The molecule has 1 aliphatic carbocycles. The fraction of sp³-hybridized carbons (Fsp3) is 0.276. The van der Waals surface area contributed by atoms with Gasteiger partial charge in [-0.3, -0.25) is 9.59 Å². The van der Waals surface area contributed by atoms with Crippen molar-refractivity contribution >= 4 is 17.5 Å². The number of nitrogens with zero attached hydrogens (tertiary/aromatic N) is 2. The van der Waals surface area contributed by atoms with Gasteiger partial charge in [-0.2, -0.15) is 5.26 Å². The van der Waals surface area contributed by atoms with Gasteiger partial charge in [-0.1, -0.05) is 36.4 Å². The number of carbonyl (C=O) groups is 2. The maximum atomic E-state index is 13.6. The van der Waals surface area contributed by atoms with Crippen LogP contribution in [0.4, 0.5) is 5.69 Å². The summed E-state index contributed by atoms with van der Waals surface area (Å²) in [7, 11) is 0. The Morgan fingerprint density at radius 3 is 2.31 bits per heavy atom. The molecule has 0 atom stereocenters. The average molecular weight is 483 g/mol. The van der Waals surface area contributed by atoms with Gasteiger partial charge in [0.1, 0.15) is 5.75 Å². The highest BCUT2D eigenvalue weighted by Crippen LogP contribution is 2.27. The Balaban J connectivity index is 1.51. The summed E-state index contributed by atoms with van der Waals surface area (Å²) >= 11 is 0. The van der Waals surface area contributed by atoms with Crippen molar-refractivity contribution in [3.05, 3.63) is 95.6 Å². The Kier molecular flexibility index (Phi) is 8.32. The van der Waals surface area contributed by atoms with Crippen LogP contribution < -0.4 is 15.8 Å². The lowest BCUT2D eigenvalue weighted by Crippen LogP contribution is -2.44. The first-order valence-corrected chi connectivity index (χ1v) is 12.2. The van der Waals surface area contributed by atoms with Gasteiger partial charge in [0.15, 0.2) is 6.61 Å². The molecule has 4 rings (SSSR count). The number of nitrogens with one attached hydrogen (secondary N) is 1. The standard InChI is InChI=1S/C29H30N4O3/c30-18-21-10-12-22(13-11-21)29(35)33(25-16-14-24(31)15-17-25)19-23-6-4-5-9-27(23)32-28(34)20-36-26-7-2-1-3-8-26/h1-13,24-25H,14-17,19-20,31H2,(H,32,34). The number of ether oxygens (including phenoxy) is 1. The van der Waals surface area contributed by atoms with E-state index in [2.05, 4.69) is 11.4 Å². The number of para-hydroxylation sites is 2. The molecule has 7 nitrogen and oxygen atoms in total. The van der Waals surface area contributed by atoms with Crippen molar-refractivity contribution in [2.24, 2.45) is 5.73 Å². The Hall–Kier alpha value is -4.15. The molecule has 0 unspecified atom stereocenters. The lowest BCUT2D eigenvalue weighted by molar-refractivity contribution is -0.118. The molecular formula is C29H30N4O3. The van der Waals surface area contributed by atoms with E-state index in [0.29, 0.717) is 29.1 Å². The fourth-order valence-electron chi connectivity index (χ4n) is 4.45. The normalized spacial score (nSPS) is 17.0. The first-order chi connectivity index (χ1) is 17.5. The number of nitrogens with two attached hydrogens (primary N) is 1. The van der Waals surface area contributed by atoms with Gasteiger partial charge in [0.25, 0.3) is 11.8 Å². The van der Waals surface area contributed by atoms with Crippen LogP contribution in [-0.2, 0) is 11.3 Å². The fourth-order valence-corrected chi connectivity index (χ4v) is 4.45. The van der Waals surface area contributed by atoms with Gasteiger partial charge in [-0.15, -0.1) is 0 Å². The van der Waals surface area contributed by atoms with Crippen molar-refractivity contribution < 1.29 is 14.3 Å². The second-order valence-electron chi connectivity index (χ2n) is 9.00. The van der Waals surface area contributed by atoms with Gasteiger partial charge < -0.3 is 20.7 Å². The van der Waals surface area contributed by atoms with Crippen molar-refractivity contribution in [1.82, 2.24) is 4.90 Å². The number of hydrogen-bond donors (Lipinski definition) is 2. The zero-order chi connectivity index (χ0) is 25.3. The molecule has 2 amide bonds.